The monoisotopic (exact) mass is 349 g/mol. The van der Waals surface area contributed by atoms with Crippen molar-refractivity contribution in [2.75, 3.05) is 6.54 Å². The van der Waals surface area contributed by atoms with Gasteiger partial charge in [-0.2, -0.15) is 0 Å². The number of rotatable bonds is 5. The first-order valence-electron chi connectivity index (χ1n) is 7.24. The van der Waals surface area contributed by atoms with Crippen LogP contribution in [-0.4, -0.2) is 31.8 Å². The molecule has 0 spiro atoms. The summed E-state index contributed by atoms with van der Waals surface area (Å²) in [5, 5.41) is 0. The largest absolute Gasteiger partial charge is 0.339 e. The molecule has 0 saturated carbocycles. The topological polar surface area (TPSA) is 54.5 Å². The zero-order valence-electron chi connectivity index (χ0n) is 12.0. The van der Waals surface area contributed by atoms with Crippen LogP contribution in [0.4, 0.5) is 0 Å². The maximum Gasteiger partial charge on any atom is 0.270 e. The van der Waals surface area contributed by atoms with Crippen LogP contribution in [0.5, 0.6) is 0 Å². The number of carbonyl (C=O) groups excluding carboxylic acids is 1. The van der Waals surface area contributed by atoms with E-state index in [1.807, 2.05) is 4.90 Å². The minimum atomic E-state index is -3.70. The van der Waals surface area contributed by atoms with E-state index in [9.17, 15) is 13.2 Å². The summed E-state index contributed by atoms with van der Waals surface area (Å²) < 4.78 is 22.6. The van der Waals surface area contributed by atoms with Crippen molar-refractivity contribution in [1.82, 2.24) is 4.90 Å². The molecule has 1 fully saturated rings. The van der Waals surface area contributed by atoms with Gasteiger partial charge in [-0.1, -0.05) is 13.3 Å². The number of likely N-dealkylation sites (tertiary alicyclic amines) is 1. The van der Waals surface area contributed by atoms with Gasteiger partial charge in [0.2, 0.25) is 5.91 Å². The molecule has 1 atom stereocenters. The molecule has 1 amide bonds. The second-order valence-corrected chi connectivity index (χ2v) is 9.32. The molecule has 0 radical (unpaired) electrons. The predicted molar refractivity (Wildman–Crippen MR) is 85.3 cm³/mol. The molecule has 4 nitrogen and oxygen atoms in total. The molecule has 0 N–H and O–H groups in total. The van der Waals surface area contributed by atoms with E-state index in [1.165, 1.54) is 12.5 Å². The van der Waals surface area contributed by atoms with Gasteiger partial charge in [0.05, 0.1) is 6.42 Å². The minimum absolute atomic E-state index is 0.0912. The highest BCUT2D eigenvalue weighted by molar-refractivity contribution is 8.15. The van der Waals surface area contributed by atoms with Crippen molar-refractivity contribution in [3.63, 3.8) is 0 Å². The van der Waals surface area contributed by atoms with Crippen molar-refractivity contribution in [2.24, 2.45) is 0 Å². The van der Waals surface area contributed by atoms with Crippen molar-refractivity contribution in [1.29, 1.82) is 0 Å². The molecule has 1 aromatic rings. The second-order valence-electron chi connectivity index (χ2n) is 5.36. The third kappa shape index (κ3) is 4.44. The van der Waals surface area contributed by atoms with Crippen molar-refractivity contribution < 1.29 is 13.2 Å². The molecule has 2 rings (SSSR count). The van der Waals surface area contributed by atoms with Gasteiger partial charge in [-0.3, -0.25) is 4.79 Å². The van der Waals surface area contributed by atoms with Crippen LogP contribution < -0.4 is 0 Å². The van der Waals surface area contributed by atoms with E-state index in [0.29, 0.717) is 6.04 Å². The first kappa shape index (κ1) is 16.8. The van der Waals surface area contributed by atoms with Crippen LogP contribution in [0, 0.1) is 0 Å². The zero-order valence-corrected chi connectivity index (χ0v) is 14.4. The number of amides is 1. The normalized spacial score (nSPS) is 19.7. The molecule has 0 bridgehead atoms. The zero-order chi connectivity index (χ0) is 15.5. The average molecular weight is 350 g/mol. The lowest BCUT2D eigenvalue weighted by atomic mass is 9.98. The highest BCUT2D eigenvalue weighted by Gasteiger charge is 2.26. The Balaban J connectivity index is 2.04. The van der Waals surface area contributed by atoms with Crippen molar-refractivity contribution >= 4 is 37.0 Å². The quantitative estimate of drug-likeness (QED) is 0.765. The molecule has 1 aromatic heterocycles. The highest BCUT2D eigenvalue weighted by Crippen LogP contribution is 2.27. The Morgan fingerprint density at radius 1 is 1.43 bits per heavy atom. The van der Waals surface area contributed by atoms with Gasteiger partial charge in [0.15, 0.2) is 0 Å². The molecule has 1 aliphatic rings. The SMILES string of the molecule is CCCC1CCCCN1C(=O)Cc1ccc(S(=O)(=O)Cl)s1. The van der Waals surface area contributed by atoms with Crippen molar-refractivity contribution in [3.8, 4) is 0 Å². The Morgan fingerprint density at radius 2 is 2.19 bits per heavy atom. The lowest BCUT2D eigenvalue weighted by Gasteiger charge is -2.35. The molecule has 2 heterocycles. The van der Waals surface area contributed by atoms with Crippen LogP contribution in [0.1, 0.15) is 43.9 Å². The van der Waals surface area contributed by atoms with Gasteiger partial charge in [-0.05, 0) is 37.8 Å². The Kier molecular flexibility index (Phi) is 5.68. The van der Waals surface area contributed by atoms with Gasteiger partial charge in [-0.25, -0.2) is 8.42 Å². The summed E-state index contributed by atoms with van der Waals surface area (Å²) in [6, 6.07) is 3.49. The standard InChI is InChI=1S/C14H20ClNO3S2/c1-2-5-11-6-3-4-9-16(11)13(17)10-12-7-8-14(20-12)21(15,18)19/h7-8,11H,2-6,9-10H2,1H3. The number of carbonyl (C=O) groups is 1. The van der Waals surface area contributed by atoms with Crippen LogP contribution in [-0.2, 0) is 20.3 Å². The van der Waals surface area contributed by atoms with E-state index < -0.39 is 9.05 Å². The van der Waals surface area contributed by atoms with E-state index in [0.717, 1.165) is 48.4 Å². The number of piperidine rings is 1. The van der Waals surface area contributed by atoms with E-state index in [2.05, 4.69) is 6.92 Å². The summed E-state index contributed by atoms with van der Waals surface area (Å²) in [6.45, 7) is 2.95. The second kappa shape index (κ2) is 7.11. The third-order valence-electron chi connectivity index (χ3n) is 3.77. The molecule has 7 heteroatoms. The number of nitrogens with zero attached hydrogens (tertiary/aromatic N) is 1. The van der Waals surface area contributed by atoms with Gasteiger partial charge in [-0.15, -0.1) is 11.3 Å². The lowest BCUT2D eigenvalue weighted by molar-refractivity contribution is -0.134. The summed E-state index contributed by atoms with van der Waals surface area (Å²) in [5.74, 6) is 0.0912. The predicted octanol–water partition coefficient (Wildman–Crippen LogP) is 3.40. The average Bonchev–Trinajstić information content (AvgIpc) is 2.88. The number of hydrogen-bond acceptors (Lipinski definition) is 4. The summed E-state index contributed by atoms with van der Waals surface area (Å²) in [5.41, 5.74) is 0. The fourth-order valence-corrected chi connectivity index (χ4v) is 4.91. The van der Waals surface area contributed by atoms with Gasteiger partial charge in [0.1, 0.15) is 4.21 Å². The maximum atomic E-state index is 12.5. The van der Waals surface area contributed by atoms with Crippen LogP contribution in [0.3, 0.4) is 0 Å². The third-order valence-corrected chi connectivity index (χ3v) is 6.95. The van der Waals surface area contributed by atoms with E-state index in [-0.39, 0.29) is 16.5 Å². The number of hydrogen-bond donors (Lipinski definition) is 0. The fourth-order valence-electron chi connectivity index (χ4n) is 2.80. The van der Waals surface area contributed by atoms with Crippen molar-refractivity contribution in [2.45, 2.75) is 55.7 Å². The first-order valence-corrected chi connectivity index (χ1v) is 10.4. The fraction of sp³-hybridized carbons (Fsp3) is 0.643. The Bertz CT molecular complexity index is 595. The maximum absolute atomic E-state index is 12.5. The Hall–Kier alpha value is -0.590. The van der Waals surface area contributed by atoms with Crippen LogP contribution >= 0.6 is 22.0 Å². The molecule has 21 heavy (non-hydrogen) atoms. The molecule has 1 saturated heterocycles. The molecule has 118 valence electrons. The Labute approximate surface area is 134 Å². The molecule has 1 aliphatic heterocycles. The minimum Gasteiger partial charge on any atom is -0.339 e. The van der Waals surface area contributed by atoms with Gasteiger partial charge in [0, 0.05) is 28.1 Å². The Morgan fingerprint density at radius 3 is 2.81 bits per heavy atom. The van der Waals surface area contributed by atoms with E-state index in [4.69, 9.17) is 10.7 Å². The van der Waals surface area contributed by atoms with E-state index in [1.54, 1.807) is 6.07 Å². The summed E-state index contributed by atoms with van der Waals surface area (Å²) in [6.07, 6.45) is 5.68. The smallest absolute Gasteiger partial charge is 0.270 e. The number of halogens is 1. The first-order chi connectivity index (χ1) is 9.91. The van der Waals surface area contributed by atoms with Crippen molar-refractivity contribution in [3.05, 3.63) is 17.0 Å². The van der Waals surface area contributed by atoms with Gasteiger partial charge in [0.25, 0.3) is 9.05 Å². The van der Waals surface area contributed by atoms with Gasteiger partial charge < -0.3 is 4.90 Å². The molecule has 1 unspecified atom stereocenters. The summed E-state index contributed by atoms with van der Waals surface area (Å²) in [4.78, 5) is 15.2. The number of thiophene rings is 1. The summed E-state index contributed by atoms with van der Waals surface area (Å²) in [7, 11) is 1.61. The molecule has 0 aliphatic carbocycles. The molecular formula is C14H20ClNO3S2. The lowest BCUT2D eigenvalue weighted by Crippen LogP contribution is -2.44. The van der Waals surface area contributed by atoms with Gasteiger partial charge >= 0.3 is 0 Å². The van der Waals surface area contributed by atoms with Crippen LogP contribution in [0.15, 0.2) is 16.3 Å². The van der Waals surface area contributed by atoms with Crippen LogP contribution in [0.25, 0.3) is 0 Å². The molecule has 0 aromatic carbocycles. The van der Waals surface area contributed by atoms with Crippen LogP contribution in [0.2, 0.25) is 0 Å². The summed E-state index contributed by atoms with van der Waals surface area (Å²) >= 11 is 1.08. The highest BCUT2D eigenvalue weighted by atomic mass is 35.7. The van der Waals surface area contributed by atoms with E-state index >= 15 is 0 Å². The molecular weight excluding hydrogens is 330 g/mol.